The molecule has 0 aromatic heterocycles. The Bertz CT molecular complexity index is 1030. The van der Waals surface area contributed by atoms with E-state index in [1.165, 1.54) is 12.1 Å². The normalized spacial score (nSPS) is 14.1. The Morgan fingerprint density at radius 1 is 0.694 bits per heavy atom. The number of nitrogens with two attached hydrogens (primary N) is 1. The zero-order valence-corrected chi connectivity index (χ0v) is 19.3. The maximum atomic E-state index is 12.8. The van der Waals surface area contributed by atoms with Crippen LogP contribution in [0.15, 0.2) is 54.6 Å². The molecule has 0 spiro atoms. The second kappa shape index (κ2) is 13.8. The fraction of sp³-hybridized carbons (Fsp3) is 0.333. The molecule has 12 nitrogen and oxygen atoms in total. The number of aliphatic hydroxyl groups excluding tert-OH is 2. The average molecular weight is 503 g/mol. The minimum absolute atomic E-state index is 0.0252. The molecule has 0 bridgehead atoms. The monoisotopic (exact) mass is 502 g/mol. The molecule has 0 aliphatic carbocycles. The van der Waals surface area contributed by atoms with E-state index in [2.05, 4.69) is 16.0 Å². The summed E-state index contributed by atoms with van der Waals surface area (Å²) < 4.78 is 0. The number of phenols is 1. The largest absolute Gasteiger partial charge is 0.508 e. The van der Waals surface area contributed by atoms with Gasteiger partial charge in [0.15, 0.2) is 0 Å². The van der Waals surface area contributed by atoms with Crippen LogP contribution in [0.5, 0.6) is 5.75 Å². The Balaban J connectivity index is 2.08. The van der Waals surface area contributed by atoms with Gasteiger partial charge in [0.2, 0.25) is 17.7 Å². The van der Waals surface area contributed by atoms with Crippen molar-refractivity contribution in [2.75, 3.05) is 13.2 Å². The van der Waals surface area contributed by atoms with E-state index in [1.807, 2.05) is 0 Å². The molecule has 0 fully saturated rings. The zero-order chi connectivity index (χ0) is 26.7. The number of amides is 3. The number of carbonyl (C=O) groups is 4. The lowest BCUT2D eigenvalue weighted by molar-refractivity contribution is -0.143. The minimum Gasteiger partial charge on any atom is -0.508 e. The third-order valence-electron chi connectivity index (χ3n) is 5.26. The van der Waals surface area contributed by atoms with Gasteiger partial charge in [0.1, 0.15) is 23.9 Å². The first-order valence-corrected chi connectivity index (χ1v) is 11.1. The lowest BCUT2D eigenvalue weighted by Gasteiger charge is -2.24. The van der Waals surface area contributed by atoms with Crippen LogP contribution in [0.1, 0.15) is 11.1 Å². The molecule has 3 amide bonds. The number of hydrogen-bond donors (Lipinski definition) is 8. The summed E-state index contributed by atoms with van der Waals surface area (Å²) in [5.74, 6) is -3.90. The summed E-state index contributed by atoms with van der Waals surface area (Å²) in [5.41, 5.74) is 7.22. The molecular weight excluding hydrogens is 472 g/mol. The van der Waals surface area contributed by atoms with Crippen molar-refractivity contribution in [2.24, 2.45) is 5.73 Å². The third-order valence-corrected chi connectivity index (χ3v) is 5.26. The number of carbonyl (C=O) groups excluding carboxylic acids is 3. The molecule has 0 aliphatic rings. The van der Waals surface area contributed by atoms with Crippen molar-refractivity contribution in [3.8, 4) is 5.75 Å². The van der Waals surface area contributed by atoms with Crippen molar-refractivity contribution < 1.29 is 39.6 Å². The summed E-state index contributed by atoms with van der Waals surface area (Å²) >= 11 is 0. The molecule has 9 N–H and O–H groups in total. The Morgan fingerprint density at radius 2 is 1.19 bits per heavy atom. The van der Waals surface area contributed by atoms with E-state index in [0.717, 1.165) is 0 Å². The fourth-order valence-electron chi connectivity index (χ4n) is 3.24. The Hall–Kier alpha value is -4.00. The van der Waals surface area contributed by atoms with Crippen molar-refractivity contribution in [3.05, 3.63) is 65.7 Å². The number of rotatable bonds is 13. The van der Waals surface area contributed by atoms with Crippen molar-refractivity contribution in [1.29, 1.82) is 0 Å². The summed E-state index contributed by atoms with van der Waals surface area (Å²) in [6.07, 6.45) is 0.0747. The van der Waals surface area contributed by atoms with E-state index < -0.39 is 61.1 Å². The number of aliphatic carboxylic acids is 1. The van der Waals surface area contributed by atoms with Gasteiger partial charge in [-0.05, 0) is 29.7 Å². The maximum absolute atomic E-state index is 12.8. The number of aliphatic hydroxyl groups is 2. The molecule has 194 valence electrons. The highest BCUT2D eigenvalue weighted by Crippen LogP contribution is 2.11. The number of hydrogen-bond acceptors (Lipinski definition) is 8. The predicted octanol–water partition coefficient (Wildman–Crippen LogP) is -1.97. The van der Waals surface area contributed by atoms with E-state index in [-0.39, 0.29) is 18.6 Å². The molecule has 4 atom stereocenters. The minimum atomic E-state index is -1.58. The standard InChI is InChI=1S/C24H30N4O8/c25-17(10-15-6-8-16(31)9-7-15)21(32)27-19(12-29)23(34)26-18(11-14-4-2-1-3-5-14)22(33)28-20(13-30)24(35)36/h1-9,17-20,29-31H,10-13,25H2,(H,26,34)(H,27,32)(H,28,33)(H,35,36). The van der Waals surface area contributed by atoms with E-state index in [9.17, 15) is 34.5 Å². The number of aromatic hydroxyl groups is 1. The zero-order valence-electron chi connectivity index (χ0n) is 19.3. The fourth-order valence-corrected chi connectivity index (χ4v) is 3.24. The van der Waals surface area contributed by atoms with Gasteiger partial charge in [-0.3, -0.25) is 14.4 Å². The van der Waals surface area contributed by atoms with Gasteiger partial charge in [0, 0.05) is 6.42 Å². The van der Waals surface area contributed by atoms with Crippen molar-refractivity contribution >= 4 is 23.7 Å². The van der Waals surface area contributed by atoms with Crippen LogP contribution in [-0.2, 0) is 32.0 Å². The Labute approximate surface area is 207 Å². The molecule has 2 aromatic rings. The number of nitrogens with one attached hydrogen (secondary N) is 3. The molecule has 12 heteroatoms. The number of benzene rings is 2. The van der Waals surface area contributed by atoms with Gasteiger partial charge in [-0.1, -0.05) is 42.5 Å². The Kier molecular flexibility index (Phi) is 10.8. The van der Waals surface area contributed by atoms with E-state index in [0.29, 0.717) is 11.1 Å². The molecule has 0 radical (unpaired) electrons. The quantitative estimate of drug-likeness (QED) is 0.152. The molecule has 0 aliphatic heterocycles. The van der Waals surface area contributed by atoms with Crippen molar-refractivity contribution in [2.45, 2.75) is 37.0 Å². The van der Waals surface area contributed by atoms with Crippen LogP contribution >= 0.6 is 0 Å². The Morgan fingerprint density at radius 3 is 1.75 bits per heavy atom. The van der Waals surface area contributed by atoms with E-state index in [4.69, 9.17) is 10.8 Å². The summed E-state index contributed by atoms with van der Waals surface area (Å²) in [5, 5.41) is 44.3. The predicted molar refractivity (Wildman–Crippen MR) is 128 cm³/mol. The first kappa shape index (κ1) is 28.2. The molecule has 2 aromatic carbocycles. The molecule has 4 unspecified atom stereocenters. The average Bonchev–Trinajstić information content (AvgIpc) is 2.86. The highest BCUT2D eigenvalue weighted by Gasteiger charge is 2.30. The molecule has 36 heavy (non-hydrogen) atoms. The van der Waals surface area contributed by atoms with Gasteiger partial charge in [-0.15, -0.1) is 0 Å². The topological polar surface area (TPSA) is 211 Å². The van der Waals surface area contributed by atoms with Gasteiger partial charge in [0.25, 0.3) is 0 Å². The smallest absolute Gasteiger partial charge is 0.328 e. The number of phenolic OH excluding ortho intramolecular Hbond substituents is 1. The van der Waals surface area contributed by atoms with Crippen molar-refractivity contribution in [3.63, 3.8) is 0 Å². The molecule has 0 heterocycles. The summed E-state index contributed by atoms with van der Waals surface area (Å²) in [7, 11) is 0. The molecule has 0 saturated heterocycles. The molecule has 2 rings (SSSR count). The van der Waals surface area contributed by atoms with Crippen LogP contribution < -0.4 is 21.7 Å². The van der Waals surface area contributed by atoms with Crippen LogP contribution in [0.2, 0.25) is 0 Å². The highest BCUT2D eigenvalue weighted by molar-refractivity contribution is 5.94. The molecular formula is C24H30N4O8. The second-order valence-electron chi connectivity index (χ2n) is 8.05. The SMILES string of the molecule is NC(Cc1ccc(O)cc1)C(=O)NC(CO)C(=O)NC(Cc1ccccc1)C(=O)NC(CO)C(=O)O. The van der Waals surface area contributed by atoms with Crippen LogP contribution in [0.3, 0.4) is 0 Å². The lowest BCUT2D eigenvalue weighted by atomic mass is 10.0. The second-order valence-corrected chi connectivity index (χ2v) is 8.05. The van der Waals surface area contributed by atoms with Crippen LogP contribution in [0, 0.1) is 0 Å². The first-order chi connectivity index (χ1) is 17.1. The third kappa shape index (κ3) is 8.65. The van der Waals surface area contributed by atoms with E-state index >= 15 is 0 Å². The van der Waals surface area contributed by atoms with E-state index in [1.54, 1.807) is 42.5 Å². The van der Waals surface area contributed by atoms with Crippen LogP contribution in [0.4, 0.5) is 0 Å². The van der Waals surface area contributed by atoms with Gasteiger partial charge in [0.05, 0.1) is 19.3 Å². The van der Waals surface area contributed by atoms with Crippen LogP contribution in [0.25, 0.3) is 0 Å². The lowest BCUT2D eigenvalue weighted by Crippen LogP contribution is -2.59. The van der Waals surface area contributed by atoms with Gasteiger partial charge in [-0.25, -0.2) is 4.79 Å². The first-order valence-electron chi connectivity index (χ1n) is 11.1. The molecule has 0 saturated carbocycles. The van der Waals surface area contributed by atoms with Crippen LogP contribution in [-0.4, -0.2) is 81.5 Å². The van der Waals surface area contributed by atoms with Gasteiger partial charge >= 0.3 is 5.97 Å². The van der Waals surface area contributed by atoms with Crippen molar-refractivity contribution in [1.82, 2.24) is 16.0 Å². The van der Waals surface area contributed by atoms with Gasteiger partial charge < -0.3 is 42.1 Å². The number of carboxylic acids is 1. The number of carboxylic acid groups (broad SMARTS) is 1. The van der Waals surface area contributed by atoms with Gasteiger partial charge in [-0.2, -0.15) is 0 Å². The summed E-state index contributed by atoms with van der Waals surface area (Å²) in [4.78, 5) is 49.3. The maximum Gasteiger partial charge on any atom is 0.328 e. The highest BCUT2D eigenvalue weighted by atomic mass is 16.4. The summed E-state index contributed by atoms with van der Waals surface area (Å²) in [6, 6.07) is 9.25. The summed E-state index contributed by atoms with van der Waals surface area (Å²) in [6.45, 7) is -1.65.